The fraction of sp³-hybridized carbons (Fsp3) is 0.792. The zero-order chi connectivity index (χ0) is 40.6. The van der Waals surface area contributed by atoms with Gasteiger partial charge >= 0.3 is 8.56 Å². The highest BCUT2D eigenvalue weighted by atomic mass is 28.4. The highest BCUT2D eigenvalue weighted by Gasteiger charge is 2.29. The normalized spacial score (nSPS) is 16.4. The molecule has 1 unspecified atom stereocenters. The monoisotopic (exact) mass is 788 g/mol. The second-order valence-electron chi connectivity index (χ2n) is 17.3. The molecule has 0 aliphatic heterocycles. The van der Waals surface area contributed by atoms with Crippen LogP contribution in [0.25, 0.3) is 0 Å². The topological polar surface area (TPSA) is 71.4 Å². The maximum Gasteiger partial charge on any atom is 0.333 e. The molecular formula is C48H89NO5Si. The van der Waals surface area contributed by atoms with Crippen molar-refractivity contribution in [2.45, 2.75) is 196 Å². The Hall–Kier alpha value is -1.32. The fourth-order valence-corrected chi connectivity index (χ4v) is 9.09. The Balaban J connectivity index is 2.60. The molecule has 2 N–H and O–H groups in total. The molecule has 6 nitrogen and oxygen atoms in total. The van der Waals surface area contributed by atoms with Gasteiger partial charge in [-0.15, -0.1) is 0 Å². The second-order valence-corrected chi connectivity index (χ2v) is 20.7. The number of ether oxygens (including phenoxy) is 1. The van der Waals surface area contributed by atoms with Crippen LogP contribution in [0.5, 0.6) is 0 Å². The number of aliphatic hydroxyl groups excluding tert-OH is 2. The van der Waals surface area contributed by atoms with Gasteiger partial charge in [-0.3, -0.25) is 4.90 Å². The van der Waals surface area contributed by atoms with Crippen LogP contribution in [0.4, 0.5) is 0 Å². The third-order valence-electron chi connectivity index (χ3n) is 11.1. The van der Waals surface area contributed by atoms with Crippen molar-refractivity contribution in [3.63, 3.8) is 0 Å². The van der Waals surface area contributed by atoms with Gasteiger partial charge in [-0.05, 0) is 96.3 Å². The molecule has 320 valence electrons. The van der Waals surface area contributed by atoms with Crippen molar-refractivity contribution in [1.82, 2.24) is 4.90 Å². The molecule has 0 fully saturated rings. The van der Waals surface area contributed by atoms with E-state index in [1.165, 1.54) is 119 Å². The van der Waals surface area contributed by atoms with Crippen molar-refractivity contribution in [2.75, 3.05) is 46.1 Å². The van der Waals surface area contributed by atoms with Crippen LogP contribution in [-0.4, -0.2) is 76.0 Å². The lowest BCUT2D eigenvalue weighted by atomic mass is 9.72. The van der Waals surface area contributed by atoms with Crippen LogP contribution in [0.1, 0.15) is 176 Å². The van der Waals surface area contributed by atoms with E-state index in [4.69, 9.17) is 13.6 Å². The predicted octanol–water partition coefficient (Wildman–Crippen LogP) is 12.9. The fourth-order valence-electron chi connectivity index (χ4n) is 7.57. The number of aliphatic hydroxyl groups is 2. The summed E-state index contributed by atoms with van der Waals surface area (Å²) in [7, 11) is -2.37. The summed E-state index contributed by atoms with van der Waals surface area (Å²) < 4.78 is 19.4. The maximum atomic E-state index is 9.23. The average Bonchev–Trinajstić information content (AvgIpc) is 3.12. The summed E-state index contributed by atoms with van der Waals surface area (Å²) >= 11 is 0. The zero-order valence-corrected chi connectivity index (χ0v) is 38.4. The van der Waals surface area contributed by atoms with Gasteiger partial charge in [0.15, 0.2) is 0 Å². The smallest absolute Gasteiger partial charge is 0.333 e. The molecule has 0 saturated heterocycles. The first-order valence-electron chi connectivity index (χ1n) is 22.7. The molecule has 0 spiro atoms. The van der Waals surface area contributed by atoms with E-state index in [2.05, 4.69) is 96.0 Å². The third-order valence-corrected chi connectivity index (χ3v) is 12.8. The molecule has 0 aromatic rings. The van der Waals surface area contributed by atoms with Crippen molar-refractivity contribution in [2.24, 2.45) is 5.41 Å². The first-order valence-corrected chi connectivity index (χ1v) is 25.5. The van der Waals surface area contributed by atoms with Crippen molar-refractivity contribution in [3.05, 3.63) is 58.7 Å². The molecule has 7 heteroatoms. The van der Waals surface area contributed by atoms with E-state index in [-0.39, 0.29) is 24.9 Å². The van der Waals surface area contributed by atoms with E-state index in [9.17, 15) is 10.2 Å². The van der Waals surface area contributed by atoms with Crippen LogP contribution in [-0.2, 0) is 13.6 Å². The molecule has 0 bridgehead atoms. The number of allylic oxidation sites excluding steroid dienone is 9. The molecular weight excluding hydrogens is 699 g/mol. The molecule has 0 aromatic heterocycles. The van der Waals surface area contributed by atoms with Crippen LogP contribution in [0, 0.1) is 5.41 Å². The Kier molecular flexibility index (Phi) is 30.7. The molecule has 0 amide bonds. The van der Waals surface area contributed by atoms with Gasteiger partial charge in [0.05, 0.1) is 19.8 Å². The van der Waals surface area contributed by atoms with E-state index in [1.54, 1.807) is 0 Å². The summed E-state index contributed by atoms with van der Waals surface area (Å²) in [6, 6.07) is 0. The van der Waals surface area contributed by atoms with E-state index >= 15 is 0 Å². The summed E-state index contributed by atoms with van der Waals surface area (Å²) in [5, 5.41) is 18.5. The summed E-state index contributed by atoms with van der Waals surface area (Å²) in [4.78, 5) is 2.12. The zero-order valence-electron chi connectivity index (χ0n) is 37.4. The van der Waals surface area contributed by atoms with E-state index in [1.807, 2.05) is 0 Å². The van der Waals surface area contributed by atoms with Gasteiger partial charge in [-0.1, -0.05) is 164 Å². The van der Waals surface area contributed by atoms with Gasteiger partial charge < -0.3 is 23.8 Å². The summed E-state index contributed by atoms with van der Waals surface area (Å²) in [6.07, 6.45) is 39.5. The Bertz CT molecular complexity index is 1100. The summed E-state index contributed by atoms with van der Waals surface area (Å²) in [6.45, 7) is 21.6. The number of hydrogen-bond donors (Lipinski definition) is 2. The minimum absolute atomic E-state index is 0.136. The van der Waals surface area contributed by atoms with Crippen LogP contribution in [0.15, 0.2) is 58.7 Å². The van der Waals surface area contributed by atoms with Crippen LogP contribution < -0.4 is 0 Å². The molecule has 1 aliphatic rings. The van der Waals surface area contributed by atoms with Gasteiger partial charge in [0, 0.05) is 19.7 Å². The third kappa shape index (κ3) is 27.9. The lowest BCUT2D eigenvalue weighted by Crippen LogP contribution is -2.40. The van der Waals surface area contributed by atoms with Crippen LogP contribution in [0.3, 0.4) is 0 Å². The quantitative estimate of drug-likeness (QED) is 0.0288. The first kappa shape index (κ1) is 51.7. The summed E-state index contributed by atoms with van der Waals surface area (Å²) in [5.74, 6) is 0. The molecule has 55 heavy (non-hydrogen) atoms. The first-order chi connectivity index (χ1) is 26.4. The molecule has 0 aromatic carbocycles. The van der Waals surface area contributed by atoms with Gasteiger partial charge in [-0.25, -0.2) is 0 Å². The molecule has 0 radical (unpaired) electrons. The van der Waals surface area contributed by atoms with E-state index in [0.29, 0.717) is 26.3 Å². The SMILES string of the molecule is CCCCCCCCCCCCCCCC(OCC=C(C)C=CC=C(C)C=CC1=C(C)CCCC1(C)C)O[Si](C)(C)OCCCCCCN(CCO)CCO. The van der Waals surface area contributed by atoms with Crippen LogP contribution in [0.2, 0.25) is 13.1 Å². The van der Waals surface area contributed by atoms with Crippen molar-refractivity contribution in [3.8, 4) is 0 Å². The molecule has 1 atom stereocenters. The number of nitrogens with zero attached hydrogens (tertiary/aromatic N) is 1. The number of unbranched alkanes of at least 4 members (excludes halogenated alkanes) is 15. The Morgan fingerprint density at radius 1 is 0.782 bits per heavy atom. The lowest BCUT2D eigenvalue weighted by molar-refractivity contribution is -0.0939. The largest absolute Gasteiger partial charge is 0.395 e. The van der Waals surface area contributed by atoms with Crippen molar-refractivity contribution in [1.29, 1.82) is 0 Å². The Morgan fingerprint density at radius 3 is 1.96 bits per heavy atom. The Labute approximate surface area is 342 Å². The van der Waals surface area contributed by atoms with Gasteiger partial charge in [-0.2, -0.15) is 0 Å². The second kappa shape index (κ2) is 32.6. The summed E-state index contributed by atoms with van der Waals surface area (Å²) in [5.41, 5.74) is 5.74. The van der Waals surface area contributed by atoms with E-state index < -0.39 is 8.56 Å². The van der Waals surface area contributed by atoms with Gasteiger partial charge in [0.25, 0.3) is 0 Å². The Morgan fingerprint density at radius 2 is 1.36 bits per heavy atom. The lowest BCUT2D eigenvalue weighted by Gasteiger charge is -2.32. The molecule has 0 heterocycles. The molecule has 0 saturated carbocycles. The predicted molar refractivity (Wildman–Crippen MR) is 240 cm³/mol. The minimum Gasteiger partial charge on any atom is -0.395 e. The van der Waals surface area contributed by atoms with E-state index in [0.717, 1.165) is 45.1 Å². The standard InChI is InChI=1S/C48H89NO5Si/c1-9-10-11-12-13-14-15-16-17-18-19-20-23-31-47(54-55(7,8)53-41-25-22-21-24-36-49(37-39-50)38-40-51)52-42-34-44(3)29-26-28-43(2)32-33-46-45(4)30-27-35-48(46,5)6/h26,28-29,32-34,47,50-51H,9-25,27,30-31,35-42H2,1-8H3. The molecule has 1 rings (SSSR count). The van der Waals surface area contributed by atoms with Crippen LogP contribution >= 0.6 is 0 Å². The van der Waals surface area contributed by atoms with Gasteiger partial charge in [0.2, 0.25) is 0 Å². The maximum absolute atomic E-state index is 9.23. The van der Waals surface area contributed by atoms with Crippen molar-refractivity contribution < 1.29 is 23.8 Å². The number of rotatable bonds is 35. The minimum atomic E-state index is -2.37. The van der Waals surface area contributed by atoms with Crippen molar-refractivity contribution >= 4 is 8.56 Å². The molecule has 1 aliphatic carbocycles. The number of hydrogen-bond acceptors (Lipinski definition) is 6. The van der Waals surface area contributed by atoms with Gasteiger partial charge in [0.1, 0.15) is 6.29 Å². The average molecular weight is 788 g/mol. The highest BCUT2D eigenvalue weighted by Crippen LogP contribution is 2.40. The highest BCUT2D eigenvalue weighted by molar-refractivity contribution is 6.64.